The summed E-state index contributed by atoms with van der Waals surface area (Å²) >= 11 is 0. The Labute approximate surface area is 86.7 Å². The highest BCUT2D eigenvalue weighted by atomic mass is 28.5. The fraction of sp³-hybridized carbons (Fsp3) is 0.750. The molecule has 0 bridgehead atoms. The standard InChI is InChI=1S/C8H20O2Si3/c1-7-8-13(6,9-11(2)3)10-12(4)5/h7H,1,8H2,2-6H3. The predicted octanol–water partition coefficient (Wildman–Crippen LogP) is 2.78. The Hall–Kier alpha value is 0.311. The van der Waals surface area contributed by atoms with Crippen molar-refractivity contribution in [3.05, 3.63) is 12.7 Å². The Morgan fingerprint density at radius 3 is 1.77 bits per heavy atom. The Bertz CT molecular complexity index is 149. The fourth-order valence-electron chi connectivity index (χ4n) is 1.23. The first-order valence-corrected chi connectivity index (χ1v) is 11.8. The van der Waals surface area contributed by atoms with Crippen LogP contribution in [0.5, 0.6) is 0 Å². The lowest BCUT2D eigenvalue weighted by Crippen LogP contribution is -2.44. The van der Waals surface area contributed by atoms with Crippen LogP contribution in [0.25, 0.3) is 0 Å². The molecule has 0 aliphatic rings. The zero-order valence-electron chi connectivity index (χ0n) is 9.31. The largest absolute Gasteiger partial charge is 0.436 e. The monoisotopic (exact) mass is 232 g/mol. The van der Waals surface area contributed by atoms with Gasteiger partial charge in [-0.25, -0.2) is 0 Å². The van der Waals surface area contributed by atoms with E-state index in [9.17, 15) is 0 Å². The van der Waals surface area contributed by atoms with Crippen LogP contribution >= 0.6 is 0 Å². The highest BCUT2D eigenvalue weighted by Gasteiger charge is 2.32. The molecule has 0 heterocycles. The zero-order chi connectivity index (χ0) is 10.5. The summed E-state index contributed by atoms with van der Waals surface area (Å²) in [6.45, 7) is 14.5. The van der Waals surface area contributed by atoms with Gasteiger partial charge in [0.15, 0.2) is 18.1 Å². The van der Waals surface area contributed by atoms with E-state index < -0.39 is 26.6 Å². The molecule has 0 saturated heterocycles. The van der Waals surface area contributed by atoms with Crippen molar-refractivity contribution in [3.8, 4) is 0 Å². The molecule has 0 fully saturated rings. The molecule has 0 amide bonds. The molecule has 0 atom stereocenters. The molecule has 13 heavy (non-hydrogen) atoms. The second-order valence-corrected chi connectivity index (χ2v) is 11.6. The molecule has 2 radical (unpaired) electrons. The first kappa shape index (κ1) is 13.3. The maximum absolute atomic E-state index is 5.96. The van der Waals surface area contributed by atoms with Crippen molar-refractivity contribution in [3.63, 3.8) is 0 Å². The summed E-state index contributed by atoms with van der Waals surface area (Å²) in [4.78, 5) is 0. The van der Waals surface area contributed by atoms with Crippen LogP contribution in [0, 0.1) is 0 Å². The number of hydrogen-bond donors (Lipinski definition) is 0. The van der Waals surface area contributed by atoms with E-state index in [1.54, 1.807) is 0 Å². The van der Waals surface area contributed by atoms with E-state index in [4.69, 9.17) is 8.23 Å². The average molecular weight is 233 g/mol. The second-order valence-electron chi connectivity index (χ2n) is 3.65. The van der Waals surface area contributed by atoms with E-state index in [1.807, 2.05) is 6.08 Å². The van der Waals surface area contributed by atoms with Crippen molar-refractivity contribution in [2.75, 3.05) is 0 Å². The van der Waals surface area contributed by atoms with Gasteiger partial charge in [0.2, 0.25) is 0 Å². The molecule has 0 aromatic rings. The van der Waals surface area contributed by atoms with E-state index in [2.05, 4.69) is 39.3 Å². The molecule has 0 N–H and O–H groups in total. The fourth-order valence-corrected chi connectivity index (χ4v) is 9.87. The van der Waals surface area contributed by atoms with E-state index in [-0.39, 0.29) is 0 Å². The van der Waals surface area contributed by atoms with Gasteiger partial charge < -0.3 is 8.23 Å². The smallest absolute Gasteiger partial charge is 0.318 e. The number of rotatable bonds is 6. The SMILES string of the molecule is C=CC[Si](C)(O[Si](C)C)O[Si](C)C. The van der Waals surface area contributed by atoms with Crippen LogP contribution in [-0.4, -0.2) is 26.6 Å². The van der Waals surface area contributed by atoms with Gasteiger partial charge in [-0.2, -0.15) is 0 Å². The first-order chi connectivity index (χ1) is 5.89. The lowest BCUT2D eigenvalue weighted by atomic mass is 10.8. The van der Waals surface area contributed by atoms with Gasteiger partial charge in [0.1, 0.15) is 0 Å². The summed E-state index contributed by atoms with van der Waals surface area (Å²) in [6, 6.07) is 0.901. The molecule has 0 aromatic heterocycles. The topological polar surface area (TPSA) is 18.5 Å². The van der Waals surface area contributed by atoms with Crippen molar-refractivity contribution in [1.29, 1.82) is 0 Å². The summed E-state index contributed by atoms with van der Waals surface area (Å²) in [5.74, 6) is 0. The van der Waals surface area contributed by atoms with E-state index >= 15 is 0 Å². The lowest BCUT2D eigenvalue weighted by Gasteiger charge is -2.29. The Morgan fingerprint density at radius 2 is 1.54 bits per heavy atom. The van der Waals surface area contributed by atoms with E-state index in [1.165, 1.54) is 0 Å². The highest BCUT2D eigenvalue weighted by molar-refractivity contribution is 6.79. The van der Waals surface area contributed by atoms with Gasteiger partial charge in [-0.05, 0) is 32.7 Å². The van der Waals surface area contributed by atoms with Gasteiger partial charge in [-0.3, -0.25) is 0 Å². The summed E-state index contributed by atoms with van der Waals surface area (Å²) < 4.78 is 11.9. The third kappa shape index (κ3) is 6.39. The minimum Gasteiger partial charge on any atom is -0.436 e. The summed E-state index contributed by atoms with van der Waals surface area (Å²) in [6.07, 6.45) is 1.92. The Morgan fingerprint density at radius 1 is 1.15 bits per heavy atom. The van der Waals surface area contributed by atoms with Gasteiger partial charge in [-0.1, -0.05) is 6.08 Å². The van der Waals surface area contributed by atoms with Gasteiger partial charge in [-0.15, -0.1) is 6.58 Å². The van der Waals surface area contributed by atoms with Crippen molar-refractivity contribution in [2.45, 2.75) is 38.8 Å². The van der Waals surface area contributed by atoms with Crippen LogP contribution in [0.15, 0.2) is 12.7 Å². The zero-order valence-corrected chi connectivity index (χ0v) is 12.3. The highest BCUT2D eigenvalue weighted by Crippen LogP contribution is 2.16. The second kappa shape index (κ2) is 5.92. The third-order valence-corrected chi connectivity index (χ3v) is 9.11. The van der Waals surface area contributed by atoms with Crippen LogP contribution < -0.4 is 0 Å². The maximum atomic E-state index is 5.96. The predicted molar refractivity (Wildman–Crippen MR) is 63.8 cm³/mol. The Kier molecular flexibility index (Phi) is 6.06. The van der Waals surface area contributed by atoms with Crippen LogP contribution in [0.2, 0.25) is 38.8 Å². The minimum atomic E-state index is -1.90. The molecule has 0 aliphatic carbocycles. The molecule has 0 spiro atoms. The van der Waals surface area contributed by atoms with Crippen LogP contribution in [0.4, 0.5) is 0 Å². The van der Waals surface area contributed by atoms with E-state index in [0.29, 0.717) is 0 Å². The number of allylic oxidation sites excluding steroid dienone is 1. The van der Waals surface area contributed by atoms with Crippen LogP contribution in [0.3, 0.4) is 0 Å². The van der Waals surface area contributed by atoms with E-state index in [0.717, 1.165) is 6.04 Å². The molecule has 0 aromatic carbocycles. The summed E-state index contributed by atoms with van der Waals surface area (Å²) in [7, 11) is -3.21. The molecule has 76 valence electrons. The van der Waals surface area contributed by atoms with Gasteiger partial charge in [0.05, 0.1) is 0 Å². The maximum Gasteiger partial charge on any atom is 0.318 e. The van der Waals surface area contributed by atoms with Gasteiger partial charge >= 0.3 is 8.56 Å². The molecule has 0 saturated carbocycles. The molecule has 0 unspecified atom stereocenters. The Balaban J connectivity index is 4.23. The average Bonchev–Trinajstić information content (AvgIpc) is 1.81. The summed E-state index contributed by atoms with van der Waals surface area (Å²) in [5.41, 5.74) is 0. The summed E-state index contributed by atoms with van der Waals surface area (Å²) in [5, 5.41) is 0. The minimum absolute atomic E-state index is 0.653. The third-order valence-electron chi connectivity index (χ3n) is 1.36. The molecule has 0 aliphatic heterocycles. The molecule has 2 nitrogen and oxygen atoms in total. The molecular weight excluding hydrogens is 212 g/mol. The van der Waals surface area contributed by atoms with Crippen molar-refractivity contribution in [1.82, 2.24) is 0 Å². The molecular formula is C8H20O2Si3. The lowest BCUT2D eigenvalue weighted by molar-refractivity contribution is 0.408. The van der Waals surface area contributed by atoms with Gasteiger partial charge in [0, 0.05) is 6.04 Å². The van der Waals surface area contributed by atoms with Crippen molar-refractivity contribution >= 4 is 26.6 Å². The van der Waals surface area contributed by atoms with Gasteiger partial charge in [0.25, 0.3) is 0 Å². The number of hydrogen-bond acceptors (Lipinski definition) is 2. The van der Waals surface area contributed by atoms with Crippen LogP contribution in [-0.2, 0) is 8.23 Å². The quantitative estimate of drug-likeness (QED) is 0.518. The van der Waals surface area contributed by atoms with Crippen LogP contribution in [0.1, 0.15) is 0 Å². The molecule has 0 rings (SSSR count). The normalized spacial score (nSPS) is 12.5. The van der Waals surface area contributed by atoms with Crippen molar-refractivity contribution in [2.24, 2.45) is 0 Å². The van der Waals surface area contributed by atoms with Crippen molar-refractivity contribution < 1.29 is 8.23 Å². The first-order valence-electron chi connectivity index (χ1n) is 4.49. The molecule has 5 heteroatoms.